The molecular weight excluding hydrogens is 712 g/mol. The van der Waals surface area contributed by atoms with E-state index in [0.717, 1.165) is 6.07 Å². The van der Waals surface area contributed by atoms with E-state index in [1.54, 1.807) is 0 Å². The van der Waals surface area contributed by atoms with Crippen LogP contribution >= 0.6 is 11.6 Å². The van der Waals surface area contributed by atoms with Gasteiger partial charge in [0.25, 0.3) is 11.4 Å². The zero-order chi connectivity index (χ0) is 38.7. The number of Topliss-reactive ketones (excluding diaryl/α,β-unsaturated/α-hetero) is 1. The number of anilines is 1. The third kappa shape index (κ3) is 20.8. The summed E-state index contributed by atoms with van der Waals surface area (Å²) in [6.45, 7) is 2.71. The summed E-state index contributed by atoms with van der Waals surface area (Å²) >= 11 is 5.62. The van der Waals surface area contributed by atoms with Crippen LogP contribution in [0.2, 0.25) is 0 Å². The van der Waals surface area contributed by atoms with Crippen molar-refractivity contribution in [2.75, 3.05) is 77.0 Å². The minimum Gasteiger partial charge on any atom is -0.379 e. The number of carbonyl (C=O) groups is 4. The second kappa shape index (κ2) is 27.0. The van der Waals surface area contributed by atoms with Crippen LogP contribution in [0.4, 0.5) is 17.1 Å². The molecule has 0 spiro atoms. The highest BCUT2D eigenvalue weighted by Gasteiger charge is 2.22. The molecule has 0 aromatic heterocycles. The number of rotatable bonds is 30. The molecule has 3 amide bonds. The molecule has 0 unspecified atom stereocenters. The van der Waals surface area contributed by atoms with Gasteiger partial charge >= 0.3 is 0 Å². The Balaban J connectivity index is 2.05. The minimum absolute atomic E-state index is 0.00152. The Bertz CT molecular complexity index is 1330. The molecule has 0 radical (unpaired) electrons. The van der Waals surface area contributed by atoms with Gasteiger partial charge in [0.1, 0.15) is 5.69 Å². The van der Waals surface area contributed by atoms with Crippen molar-refractivity contribution in [1.29, 1.82) is 0 Å². The molecule has 0 aliphatic carbocycles. The van der Waals surface area contributed by atoms with Crippen LogP contribution < -0.4 is 38.5 Å². The molecule has 52 heavy (non-hydrogen) atoms. The fourth-order valence-electron chi connectivity index (χ4n) is 4.24. The molecule has 292 valence electrons. The second-order valence-electron chi connectivity index (χ2n) is 11.1. The number of ketones is 1. The van der Waals surface area contributed by atoms with Crippen molar-refractivity contribution < 1.29 is 43.2 Å². The molecule has 1 aromatic rings. The smallest absolute Gasteiger partial charge is 0.299 e. The van der Waals surface area contributed by atoms with E-state index < -0.39 is 46.1 Å². The molecule has 1 aromatic carbocycles. The van der Waals surface area contributed by atoms with Crippen LogP contribution in [0.5, 0.6) is 0 Å². The van der Waals surface area contributed by atoms with E-state index in [-0.39, 0.29) is 60.6 Å². The maximum absolute atomic E-state index is 12.3. The number of nitrogens with one attached hydrogen (secondary N) is 4. The molecule has 22 heteroatoms. The minimum atomic E-state index is -1.02. The number of hydrogen-bond donors (Lipinski definition) is 7. The van der Waals surface area contributed by atoms with Crippen LogP contribution in [-0.4, -0.2) is 123 Å². The summed E-state index contributed by atoms with van der Waals surface area (Å²) in [5.41, 5.74) is 15.8. The van der Waals surface area contributed by atoms with Crippen LogP contribution in [0, 0.1) is 20.2 Å². The SMILES string of the molecule is NC(N)=NCCC[C@H](NC(=O)CNC(=O)[C@@H](N)CCC(=O)NCCCOCCOCCOCCCNc1ccc([N+](=O)[O-])cc1[N+](=O)[O-])C(=O)CCl. The van der Waals surface area contributed by atoms with Gasteiger partial charge in [-0.15, -0.1) is 11.6 Å². The molecule has 2 atom stereocenters. The van der Waals surface area contributed by atoms with E-state index in [2.05, 4.69) is 26.3 Å². The Morgan fingerprint density at radius 1 is 0.846 bits per heavy atom. The largest absolute Gasteiger partial charge is 0.379 e. The van der Waals surface area contributed by atoms with Crippen molar-refractivity contribution in [3.8, 4) is 0 Å². The van der Waals surface area contributed by atoms with Crippen molar-refractivity contribution in [1.82, 2.24) is 16.0 Å². The normalized spacial score (nSPS) is 11.9. The number of nitro groups is 2. The lowest BCUT2D eigenvalue weighted by molar-refractivity contribution is -0.393. The Morgan fingerprint density at radius 3 is 2.08 bits per heavy atom. The standard InChI is InChI=1S/C30H49ClN10O11/c31-19-26(42)24(4-1-9-37-30(33)34)39-28(44)20-38-29(45)22(32)6-8-27(43)36-11-3-13-51-15-17-52-16-14-50-12-2-10-35-23-7-5-21(40(46)47)18-25(23)41(48)49/h5,7,18,22,24,35H,1-4,6,8-17,19-20,32H2,(H,36,43)(H,38,45)(H,39,44)(H4,33,34,37)/t22-,24-/m0/s1. The predicted octanol–water partition coefficient (Wildman–Crippen LogP) is -0.569. The zero-order valence-corrected chi connectivity index (χ0v) is 29.6. The molecule has 0 saturated carbocycles. The molecule has 0 aliphatic rings. The number of hydrogen-bond acceptors (Lipinski definition) is 14. The fourth-order valence-corrected chi connectivity index (χ4v) is 4.42. The fraction of sp³-hybridized carbons (Fsp3) is 0.633. The Morgan fingerprint density at radius 2 is 1.48 bits per heavy atom. The quantitative estimate of drug-likeness (QED) is 0.0129. The number of guanidine groups is 1. The highest BCUT2D eigenvalue weighted by molar-refractivity contribution is 6.28. The van der Waals surface area contributed by atoms with E-state index in [9.17, 15) is 39.4 Å². The first kappa shape index (κ1) is 45.3. The lowest BCUT2D eigenvalue weighted by atomic mass is 10.1. The van der Waals surface area contributed by atoms with Gasteiger partial charge in [-0.3, -0.25) is 44.4 Å². The average Bonchev–Trinajstić information content (AvgIpc) is 3.11. The van der Waals surface area contributed by atoms with Crippen molar-refractivity contribution >= 4 is 58.1 Å². The third-order valence-corrected chi connectivity index (χ3v) is 7.21. The highest BCUT2D eigenvalue weighted by atomic mass is 35.5. The summed E-state index contributed by atoms with van der Waals surface area (Å²) in [4.78, 5) is 73.1. The molecule has 0 bridgehead atoms. The van der Waals surface area contributed by atoms with Crippen molar-refractivity contribution in [2.24, 2.45) is 22.2 Å². The van der Waals surface area contributed by atoms with Gasteiger partial charge in [-0.1, -0.05) is 0 Å². The summed E-state index contributed by atoms with van der Waals surface area (Å²) in [5.74, 6) is -2.30. The van der Waals surface area contributed by atoms with Gasteiger partial charge in [-0.2, -0.15) is 0 Å². The van der Waals surface area contributed by atoms with Crippen LogP contribution in [0.1, 0.15) is 38.5 Å². The highest BCUT2D eigenvalue weighted by Crippen LogP contribution is 2.28. The van der Waals surface area contributed by atoms with E-state index in [1.165, 1.54) is 12.1 Å². The number of amides is 3. The van der Waals surface area contributed by atoms with Gasteiger partial charge in [-0.25, -0.2) is 0 Å². The number of benzene rings is 1. The zero-order valence-electron chi connectivity index (χ0n) is 28.8. The number of aliphatic imine (C=N–C) groups is 1. The Hall–Kier alpha value is -4.70. The number of non-ortho nitro benzene ring substituents is 1. The lowest BCUT2D eigenvalue weighted by Gasteiger charge is -2.17. The number of carbonyl (C=O) groups excluding carboxylic acids is 4. The molecule has 1 rings (SSSR count). The lowest BCUT2D eigenvalue weighted by Crippen LogP contribution is -2.49. The van der Waals surface area contributed by atoms with Gasteiger partial charge in [0.2, 0.25) is 17.7 Å². The molecule has 21 nitrogen and oxygen atoms in total. The topological polar surface area (TPSA) is 321 Å². The van der Waals surface area contributed by atoms with Gasteiger partial charge in [0.15, 0.2) is 11.7 Å². The molecule has 0 fully saturated rings. The van der Waals surface area contributed by atoms with E-state index in [0.29, 0.717) is 72.0 Å². The summed E-state index contributed by atoms with van der Waals surface area (Å²) in [6, 6.07) is 1.52. The van der Waals surface area contributed by atoms with E-state index in [4.69, 9.17) is 43.0 Å². The molecule has 0 heterocycles. The molecule has 0 aliphatic heterocycles. The summed E-state index contributed by atoms with van der Waals surface area (Å²) < 4.78 is 16.3. The predicted molar refractivity (Wildman–Crippen MR) is 191 cm³/mol. The molecule has 10 N–H and O–H groups in total. The number of ether oxygens (including phenoxy) is 3. The Labute approximate surface area is 305 Å². The number of nitro benzene ring substituents is 2. The van der Waals surface area contributed by atoms with Crippen LogP contribution in [0.3, 0.4) is 0 Å². The summed E-state index contributed by atoms with van der Waals surface area (Å²) in [6.07, 6.45) is 1.83. The van der Waals surface area contributed by atoms with E-state index >= 15 is 0 Å². The number of alkyl halides is 1. The van der Waals surface area contributed by atoms with Crippen LogP contribution in [0.15, 0.2) is 23.2 Å². The number of nitrogens with two attached hydrogens (primary N) is 3. The van der Waals surface area contributed by atoms with Gasteiger partial charge in [-0.05, 0) is 38.2 Å². The van der Waals surface area contributed by atoms with Crippen molar-refractivity contribution in [3.63, 3.8) is 0 Å². The van der Waals surface area contributed by atoms with Gasteiger partial charge < -0.3 is 52.7 Å². The number of nitrogens with zero attached hydrogens (tertiary/aromatic N) is 3. The molecule has 0 saturated heterocycles. The first-order valence-corrected chi connectivity index (χ1v) is 17.0. The van der Waals surface area contributed by atoms with Gasteiger partial charge in [0, 0.05) is 45.3 Å². The van der Waals surface area contributed by atoms with Crippen LogP contribution in [-0.2, 0) is 33.4 Å². The van der Waals surface area contributed by atoms with E-state index in [1.807, 2.05) is 0 Å². The monoisotopic (exact) mass is 760 g/mol. The van der Waals surface area contributed by atoms with Gasteiger partial charge in [0.05, 0.1) is 66.8 Å². The first-order chi connectivity index (χ1) is 24.8. The van der Waals surface area contributed by atoms with Crippen molar-refractivity contribution in [3.05, 3.63) is 38.4 Å². The van der Waals surface area contributed by atoms with Crippen LogP contribution in [0.25, 0.3) is 0 Å². The number of halogens is 1. The maximum atomic E-state index is 12.3. The third-order valence-electron chi connectivity index (χ3n) is 6.94. The molecular formula is C30H49ClN10O11. The summed E-state index contributed by atoms with van der Waals surface area (Å²) in [7, 11) is 0. The van der Waals surface area contributed by atoms with Crippen molar-refractivity contribution in [2.45, 2.75) is 50.6 Å². The maximum Gasteiger partial charge on any atom is 0.299 e. The summed E-state index contributed by atoms with van der Waals surface area (Å²) in [5, 5.41) is 32.5. The Kier molecular flexibility index (Phi) is 23.5. The second-order valence-corrected chi connectivity index (χ2v) is 11.3. The average molecular weight is 761 g/mol. The first-order valence-electron chi connectivity index (χ1n) is 16.5.